The molecule has 0 fully saturated rings. The molecule has 3 nitrogen and oxygen atoms in total. The third-order valence-electron chi connectivity index (χ3n) is 6.21. The van der Waals surface area contributed by atoms with E-state index in [-0.39, 0.29) is 12.4 Å². The van der Waals surface area contributed by atoms with Gasteiger partial charge in [-0.3, -0.25) is 4.79 Å². The summed E-state index contributed by atoms with van der Waals surface area (Å²) >= 11 is 0. The van der Waals surface area contributed by atoms with Gasteiger partial charge in [0.2, 0.25) is 0 Å². The highest BCUT2D eigenvalue weighted by Crippen LogP contribution is 2.27. The van der Waals surface area contributed by atoms with Crippen molar-refractivity contribution in [1.82, 2.24) is 0 Å². The summed E-state index contributed by atoms with van der Waals surface area (Å²) in [6.07, 6.45) is 4.50. The molecule has 0 spiro atoms. The van der Waals surface area contributed by atoms with Gasteiger partial charge in [0, 0.05) is 5.56 Å². The van der Waals surface area contributed by atoms with Crippen molar-refractivity contribution in [3.63, 3.8) is 0 Å². The second-order valence-electron chi connectivity index (χ2n) is 7.69. The van der Waals surface area contributed by atoms with E-state index in [4.69, 9.17) is 4.74 Å². The molecule has 27 heavy (non-hydrogen) atoms. The lowest BCUT2D eigenvalue weighted by atomic mass is 9.89. The normalized spacial score (nSPS) is 13.2. The summed E-state index contributed by atoms with van der Waals surface area (Å²) in [7, 11) is 0. The quantitative estimate of drug-likeness (QED) is 0.557. The number of rotatable bonds is 4. The van der Waals surface area contributed by atoms with Crippen molar-refractivity contribution in [2.45, 2.75) is 60.3 Å². The van der Waals surface area contributed by atoms with Gasteiger partial charge < -0.3 is 4.74 Å². The number of carbonyl (C=O) groups is 2. The van der Waals surface area contributed by atoms with Gasteiger partial charge in [-0.25, -0.2) is 4.79 Å². The van der Waals surface area contributed by atoms with Gasteiger partial charge in [0.05, 0.1) is 5.56 Å². The summed E-state index contributed by atoms with van der Waals surface area (Å²) in [6, 6.07) is 5.88. The van der Waals surface area contributed by atoms with Gasteiger partial charge in [0.1, 0.15) is 0 Å². The Kier molecular flexibility index (Phi) is 5.50. The minimum atomic E-state index is -0.414. The van der Waals surface area contributed by atoms with Gasteiger partial charge in [0.25, 0.3) is 0 Å². The van der Waals surface area contributed by atoms with Gasteiger partial charge in [-0.15, -0.1) is 0 Å². The minimum absolute atomic E-state index is 0.146. The fraction of sp³-hybridized carbons (Fsp3) is 0.417. The number of aryl methyl sites for hydroxylation is 2. The first kappa shape index (κ1) is 19.3. The smallest absolute Gasteiger partial charge is 0.339 e. The van der Waals surface area contributed by atoms with Crippen LogP contribution < -0.4 is 0 Å². The first-order valence-corrected chi connectivity index (χ1v) is 9.70. The molecule has 2 aromatic rings. The highest BCUT2D eigenvalue weighted by atomic mass is 16.5. The highest BCUT2D eigenvalue weighted by Gasteiger charge is 2.21. The molecule has 0 bridgehead atoms. The van der Waals surface area contributed by atoms with Crippen molar-refractivity contribution in [1.29, 1.82) is 0 Å². The maximum Gasteiger partial charge on any atom is 0.339 e. The van der Waals surface area contributed by atoms with Gasteiger partial charge in [-0.05, 0) is 105 Å². The lowest BCUT2D eigenvalue weighted by Gasteiger charge is -2.18. The van der Waals surface area contributed by atoms with E-state index in [9.17, 15) is 9.59 Å². The van der Waals surface area contributed by atoms with E-state index in [1.165, 1.54) is 29.5 Å². The number of ketones is 1. The summed E-state index contributed by atoms with van der Waals surface area (Å²) in [5.74, 6) is -0.560. The van der Waals surface area contributed by atoms with Crippen LogP contribution in [0.3, 0.4) is 0 Å². The van der Waals surface area contributed by atoms with Crippen LogP contribution in [0.4, 0.5) is 0 Å². The standard InChI is InChI=1S/C24H28O3/c1-14-15(2)17(4)23(18(5)16(14)3)24(26)27-13-22(25)21-11-10-19-8-6-7-9-20(19)12-21/h10-12H,6-9,13H2,1-5H3. The van der Waals surface area contributed by atoms with Crippen LogP contribution in [0.1, 0.15) is 72.5 Å². The van der Waals surface area contributed by atoms with E-state index < -0.39 is 5.97 Å². The Balaban J connectivity index is 1.76. The van der Waals surface area contributed by atoms with Gasteiger partial charge in [-0.2, -0.15) is 0 Å². The fourth-order valence-corrected chi connectivity index (χ4v) is 4.00. The predicted molar refractivity (Wildman–Crippen MR) is 108 cm³/mol. The number of carbonyl (C=O) groups excluding carboxylic acids is 2. The molecule has 0 unspecified atom stereocenters. The van der Waals surface area contributed by atoms with Crippen molar-refractivity contribution < 1.29 is 14.3 Å². The summed E-state index contributed by atoms with van der Waals surface area (Å²) in [5, 5.41) is 0. The van der Waals surface area contributed by atoms with Crippen molar-refractivity contribution in [2.75, 3.05) is 6.61 Å². The third-order valence-corrected chi connectivity index (χ3v) is 6.21. The zero-order chi connectivity index (χ0) is 19.7. The maximum absolute atomic E-state index is 12.7. The number of hydrogen-bond acceptors (Lipinski definition) is 3. The van der Waals surface area contributed by atoms with Crippen molar-refractivity contribution in [3.05, 3.63) is 68.3 Å². The van der Waals surface area contributed by atoms with E-state index >= 15 is 0 Å². The van der Waals surface area contributed by atoms with Crippen LogP contribution in [0.15, 0.2) is 18.2 Å². The number of ether oxygens (including phenoxy) is 1. The Labute approximate surface area is 161 Å². The second-order valence-corrected chi connectivity index (χ2v) is 7.69. The number of Topliss-reactive ketones (excluding diaryl/α,β-unsaturated/α-hetero) is 1. The van der Waals surface area contributed by atoms with Gasteiger partial charge >= 0.3 is 5.97 Å². The molecule has 0 atom stereocenters. The topological polar surface area (TPSA) is 43.4 Å². The van der Waals surface area contributed by atoms with E-state index in [0.29, 0.717) is 11.1 Å². The Bertz CT molecular complexity index is 893. The summed E-state index contributed by atoms with van der Waals surface area (Å²) in [6.45, 7) is 9.77. The zero-order valence-electron chi connectivity index (χ0n) is 17.0. The first-order chi connectivity index (χ1) is 12.8. The Morgan fingerprint density at radius 3 is 2.00 bits per heavy atom. The van der Waals surface area contributed by atoms with Crippen LogP contribution in [0, 0.1) is 34.6 Å². The fourth-order valence-electron chi connectivity index (χ4n) is 4.00. The van der Waals surface area contributed by atoms with Crippen molar-refractivity contribution in [2.24, 2.45) is 0 Å². The summed E-state index contributed by atoms with van der Waals surface area (Å²) in [5.41, 5.74) is 9.09. The molecule has 1 aliphatic carbocycles. The molecule has 0 aromatic heterocycles. The molecule has 0 radical (unpaired) electrons. The molecule has 0 amide bonds. The van der Waals surface area contributed by atoms with Crippen molar-refractivity contribution in [3.8, 4) is 0 Å². The van der Waals surface area contributed by atoms with E-state index in [1.807, 2.05) is 45.9 Å². The van der Waals surface area contributed by atoms with E-state index in [1.54, 1.807) is 0 Å². The van der Waals surface area contributed by atoms with Crippen LogP contribution in [-0.2, 0) is 17.6 Å². The van der Waals surface area contributed by atoms with Crippen molar-refractivity contribution >= 4 is 11.8 Å². The molecule has 0 saturated carbocycles. The molecule has 142 valence electrons. The Hall–Kier alpha value is -2.42. The van der Waals surface area contributed by atoms with Gasteiger partial charge in [-0.1, -0.05) is 12.1 Å². The number of benzene rings is 2. The van der Waals surface area contributed by atoms with Crippen LogP contribution in [-0.4, -0.2) is 18.4 Å². The van der Waals surface area contributed by atoms with Gasteiger partial charge in [0.15, 0.2) is 12.4 Å². The van der Waals surface area contributed by atoms with Crippen LogP contribution in [0.25, 0.3) is 0 Å². The van der Waals surface area contributed by atoms with E-state index in [2.05, 4.69) is 6.92 Å². The number of fused-ring (bicyclic) bond motifs is 1. The lowest BCUT2D eigenvalue weighted by Crippen LogP contribution is -2.18. The predicted octanol–water partition coefficient (Wildman–Crippen LogP) is 5.15. The molecule has 3 heteroatoms. The zero-order valence-corrected chi connectivity index (χ0v) is 17.0. The molecule has 0 heterocycles. The molecule has 0 N–H and O–H groups in total. The molecule has 1 aliphatic rings. The largest absolute Gasteiger partial charge is 0.454 e. The Morgan fingerprint density at radius 1 is 0.815 bits per heavy atom. The highest BCUT2D eigenvalue weighted by molar-refractivity contribution is 6.00. The average molecular weight is 364 g/mol. The Morgan fingerprint density at radius 2 is 1.37 bits per heavy atom. The molecular formula is C24H28O3. The third kappa shape index (κ3) is 3.69. The second kappa shape index (κ2) is 7.67. The maximum atomic E-state index is 12.7. The van der Waals surface area contributed by atoms with Crippen LogP contribution in [0.5, 0.6) is 0 Å². The monoisotopic (exact) mass is 364 g/mol. The van der Waals surface area contributed by atoms with Crippen LogP contribution in [0.2, 0.25) is 0 Å². The molecule has 2 aromatic carbocycles. The number of hydrogen-bond donors (Lipinski definition) is 0. The average Bonchev–Trinajstić information content (AvgIpc) is 2.68. The summed E-state index contributed by atoms with van der Waals surface area (Å²) < 4.78 is 5.41. The lowest BCUT2D eigenvalue weighted by molar-refractivity contribution is 0.0473. The minimum Gasteiger partial charge on any atom is -0.454 e. The molecular weight excluding hydrogens is 336 g/mol. The molecule has 3 rings (SSSR count). The molecule has 0 saturated heterocycles. The van der Waals surface area contributed by atoms with E-state index in [0.717, 1.165) is 35.1 Å². The van der Waals surface area contributed by atoms with Crippen LogP contribution >= 0.6 is 0 Å². The first-order valence-electron chi connectivity index (χ1n) is 9.70. The SMILES string of the molecule is Cc1c(C)c(C)c(C(=O)OCC(=O)c2ccc3c(c2)CCCC3)c(C)c1C. The number of esters is 1. The molecule has 0 aliphatic heterocycles. The summed E-state index contributed by atoms with van der Waals surface area (Å²) in [4.78, 5) is 25.2.